The lowest BCUT2D eigenvalue weighted by atomic mass is 10.0. The second-order valence-electron chi connectivity index (χ2n) is 4.60. The van der Waals surface area contributed by atoms with Gasteiger partial charge in [-0.2, -0.15) is 0 Å². The van der Waals surface area contributed by atoms with E-state index in [4.69, 9.17) is 9.47 Å². The maximum atomic E-state index is 11.7. The smallest absolute Gasteiger partial charge is 0.407 e. The monoisotopic (exact) mass is 278 g/mol. The van der Waals surface area contributed by atoms with Gasteiger partial charge in [0.25, 0.3) is 0 Å². The van der Waals surface area contributed by atoms with Crippen LogP contribution in [-0.2, 0) is 20.9 Å². The molecule has 0 unspecified atom stereocenters. The molecular weight excluding hydrogens is 260 g/mol. The van der Waals surface area contributed by atoms with Gasteiger partial charge in [-0.25, -0.2) is 4.79 Å². The molecule has 1 aromatic rings. The van der Waals surface area contributed by atoms with E-state index in [-0.39, 0.29) is 24.5 Å². The van der Waals surface area contributed by atoms with Gasteiger partial charge in [-0.3, -0.25) is 4.79 Å². The molecule has 6 heteroatoms. The van der Waals surface area contributed by atoms with Crippen LogP contribution in [0.15, 0.2) is 30.3 Å². The fourth-order valence-corrected chi connectivity index (χ4v) is 2.15. The van der Waals surface area contributed by atoms with Crippen LogP contribution >= 0.6 is 0 Å². The molecule has 0 bridgehead atoms. The van der Waals surface area contributed by atoms with Gasteiger partial charge in [0.15, 0.2) is 0 Å². The third-order valence-corrected chi connectivity index (χ3v) is 3.23. The van der Waals surface area contributed by atoms with Gasteiger partial charge in [0.05, 0.1) is 19.1 Å². The molecule has 108 valence electrons. The van der Waals surface area contributed by atoms with Crippen LogP contribution in [0.25, 0.3) is 0 Å². The largest absolute Gasteiger partial charge is 0.469 e. The topological polar surface area (TPSA) is 76.7 Å². The van der Waals surface area contributed by atoms with E-state index in [9.17, 15) is 9.59 Å². The third kappa shape index (κ3) is 3.71. The van der Waals surface area contributed by atoms with E-state index in [1.54, 1.807) is 0 Å². The van der Waals surface area contributed by atoms with Crippen molar-refractivity contribution in [1.82, 2.24) is 10.6 Å². The van der Waals surface area contributed by atoms with Crippen LogP contribution < -0.4 is 10.6 Å². The summed E-state index contributed by atoms with van der Waals surface area (Å²) in [5.74, 6) is -0.701. The van der Waals surface area contributed by atoms with E-state index in [1.807, 2.05) is 30.3 Å². The van der Waals surface area contributed by atoms with E-state index in [1.165, 1.54) is 7.11 Å². The summed E-state index contributed by atoms with van der Waals surface area (Å²) in [4.78, 5) is 23.2. The third-order valence-electron chi connectivity index (χ3n) is 3.23. The molecule has 1 amide bonds. The van der Waals surface area contributed by atoms with Gasteiger partial charge in [0.1, 0.15) is 6.61 Å². The predicted molar refractivity (Wildman–Crippen MR) is 71.9 cm³/mol. The number of nitrogens with one attached hydrogen (secondary N) is 2. The second-order valence-corrected chi connectivity index (χ2v) is 4.60. The molecule has 2 atom stereocenters. The van der Waals surface area contributed by atoms with Crippen molar-refractivity contribution < 1.29 is 19.1 Å². The Labute approximate surface area is 117 Å². The van der Waals surface area contributed by atoms with Crippen LogP contribution in [-0.4, -0.2) is 38.3 Å². The SMILES string of the molecule is COC(=O)[C@@H]1CNC[C@@H]1NC(=O)OCc1ccccc1. The molecule has 1 saturated heterocycles. The lowest BCUT2D eigenvalue weighted by Crippen LogP contribution is -2.43. The molecular formula is C14H18N2O4. The van der Waals surface area contributed by atoms with Crippen molar-refractivity contribution in [3.05, 3.63) is 35.9 Å². The van der Waals surface area contributed by atoms with Crippen molar-refractivity contribution >= 4 is 12.1 Å². The van der Waals surface area contributed by atoms with Gasteiger partial charge in [0, 0.05) is 13.1 Å². The zero-order valence-corrected chi connectivity index (χ0v) is 11.3. The van der Waals surface area contributed by atoms with Crippen molar-refractivity contribution in [2.75, 3.05) is 20.2 Å². The van der Waals surface area contributed by atoms with Crippen molar-refractivity contribution in [3.63, 3.8) is 0 Å². The number of hydrogen-bond donors (Lipinski definition) is 2. The van der Waals surface area contributed by atoms with Gasteiger partial charge >= 0.3 is 12.1 Å². The molecule has 1 aliphatic heterocycles. The average molecular weight is 278 g/mol. The highest BCUT2D eigenvalue weighted by Crippen LogP contribution is 2.11. The maximum Gasteiger partial charge on any atom is 0.407 e. The average Bonchev–Trinajstić information content (AvgIpc) is 2.93. The molecule has 1 aliphatic rings. The highest BCUT2D eigenvalue weighted by molar-refractivity contribution is 5.76. The summed E-state index contributed by atoms with van der Waals surface area (Å²) in [5, 5.41) is 5.74. The molecule has 20 heavy (non-hydrogen) atoms. The molecule has 0 aliphatic carbocycles. The number of methoxy groups -OCH3 is 1. The summed E-state index contributed by atoms with van der Waals surface area (Å²) in [6.45, 7) is 1.23. The fourth-order valence-electron chi connectivity index (χ4n) is 2.15. The molecule has 1 fully saturated rings. The van der Waals surface area contributed by atoms with Gasteiger partial charge in [0.2, 0.25) is 0 Å². The van der Waals surface area contributed by atoms with Crippen LogP contribution in [0.1, 0.15) is 5.56 Å². The summed E-state index contributed by atoms with van der Waals surface area (Å²) >= 11 is 0. The van der Waals surface area contributed by atoms with E-state index >= 15 is 0 Å². The Morgan fingerprint density at radius 1 is 1.30 bits per heavy atom. The fraction of sp³-hybridized carbons (Fsp3) is 0.429. The zero-order valence-electron chi connectivity index (χ0n) is 11.3. The van der Waals surface area contributed by atoms with Gasteiger partial charge < -0.3 is 20.1 Å². The minimum absolute atomic E-state index is 0.204. The number of benzene rings is 1. The Morgan fingerprint density at radius 3 is 2.75 bits per heavy atom. The minimum atomic E-state index is -0.531. The molecule has 0 radical (unpaired) electrons. The van der Waals surface area contributed by atoms with Crippen LogP contribution in [0.5, 0.6) is 0 Å². The van der Waals surface area contributed by atoms with Crippen molar-refractivity contribution in [2.45, 2.75) is 12.6 Å². The first-order valence-electron chi connectivity index (χ1n) is 6.46. The molecule has 0 saturated carbocycles. The van der Waals surface area contributed by atoms with Gasteiger partial charge in [-0.1, -0.05) is 30.3 Å². The number of carbonyl (C=O) groups excluding carboxylic acids is 2. The van der Waals surface area contributed by atoms with E-state index in [0.717, 1.165) is 5.56 Å². The molecule has 0 aromatic heterocycles. The first kappa shape index (κ1) is 14.3. The van der Waals surface area contributed by atoms with Crippen molar-refractivity contribution in [2.24, 2.45) is 5.92 Å². The Hall–Kier alpha value is -2.08. The molecule has 1 aromatic carbocycles. The number of esters is 1. The van der Waals surface area contributed by atoms with E-state index in [0.29, 0.717) is 13.1 Å². The first-order chi connectivity index (χ1) is 9.70. The number of carbonyl (C=O) groups is 2. The summed E-state index contributed by atoms with van der Waals surface area (Å²) in [5.41, 5.74) is 0.914. The molecule has 6 nitrogen and oxygen atoms in total. The summed E-state index contributed by atoms with van der Waals surface area (Å²) in [6.07, 6.45) is -0.531. The van der Waals surface area contributed by atoms with Crippen molar-refractivity contribution in [3.8, 4) is 0 Å². The Bertz CT molecular complexity index is 464. The van der Waals surface area contributed by atoms with Crippen LogP contribution in [0.3, 0.4) is 0 Å². The number of ether oxygens (including phenoxy) is 2. The van der Waals surface area contributed by atoms with Crippen molar-refractivity contribution in [1.29, 1.82) is 0 Å². The van der Waals surface area contributed by atoms with Crippen LogP contribution in [0.4, 0.5) is 4.79 Å². The van der Waals surface area contributed by atoms with Gasteiger partial charge in [-0.15, -0.1) is 0 Å². The maximum absolute atomic E-state index is 11.7. The lowest BCUT2D eigenvalue weighted by molar-refractivity contribution is -0.145. The lowest BCUT2D eigenvalue weighted by Gasteiger charge is -2.17. The highest BCUT2D eigenvalue weighted by atomic mass is 16.5. The molecule has 0 spiro atoms. The Morgan fingerprint density at radius 2 is 2.05 bits per heavy atom. The van der Waals surface area contributed by atoms with Crippen LogP contribution in [0, 0.1) is 5.92 Å². The van der Waals surface area contributed by atoms with E-state index in [2.05, 4.69) is 10.6 Å². The minimum Gasteiger partial charge on any atom is -0.469 e. The predicted octanol–water partition coefficient (Wildman–Crippen LogP) is 0.674. The highest BCUT2D eigenvalue weighted by Gasteiger charge is 2.35. The summed E-state index contributed by atoms with van der Waals surface area (Å²) in [7, 11) is 1.34. The normalized spacial score (nSPS) is 21.2. The standard InChI is InChI=1S/C14H18N2O4/c1-19-13(17)11-7-15-8-12(11)16-14(18)20-9-10-5-3-2-4-6-10/h2-6,11-12,15H,7-9H2,1H3,(H,16,18)/t11-,12+/m1/s1. The number of rotatable bonds is 4. The molecule has 2 rings (SSSR count). The number of hydrogen-bond acceptors (Lipinski definition) is 5. The van der Waals surface area contributed by atoms with E-state index < -0.39 is 6.09 Å². The Kier molecular flexibility index (Phi) is 4.95. The number of alkyl carbamates (subject to hydrolysis) is 1. The quantitative estimate of drug-likeness (QED) is 0.792. The summed E-state index contributed by atoms with van der Waals surface area (Å²) in [6, 6.07) is 9.11. The Balaban J connectivity index is 1.80. The van der Waals surface area contributed by atoms with Crippen LogP contribution in [0.2, 0.25) is 0 Å². The molecule has 2 N–H and O–H groups in total. The first-order valence-corrected chi connectivity index (χ1v) is 6.46. The zero-order chi connectivity index (χ0) is 14.4. The molecule has 1 heterocycles. The number of amides is 1. The summed E-state index contributed by atoms with van der Waals surface area (Å²) < 4.78 is 9.83. The second kappa shape index (κ2) is 6.91. The van der Waals surface area contributed by atoms with Gasteiger partial charge in [-0.05, 0) is 5.56 Å².